The van der Waals surface area contributed by atoms with Crippen molar-refractivity contribution in [2.45, 2.75) is 0 Å². The lowest BCUT2D eigenvalue weighted by Gasteiger charge is -2.01. The maximum absolute atomic E-state index is 5.20. The Balaban J connectivity index is 1.76. The first-order valence-electron chi connectivity index (χ1n) is 8.00. The second-order valence-electron chi connectivity index (χ2n) is 5.88. The fraction of sp³-hybridized carbons (Fsp3) is 0.190. The SMILES string of the molecule is COc1ccc(-c2ncc(-c3ccc(C#CCN(C)C)cc3)s2)cc1. The fourth-order valence-electron chi connectivity index (χ4n) is 2.29. The van der Waals surface area contributed by atoms with Crippen LogP contribution < -0.4 is 4.74 Å². The summed E-state index contributed by atoms with van der Waals surface area (Å²) >= 11 is 1.69. The summed E-state index contributed by atoms with van der Waals surface area (Å²) in [6.07, 6.45) is 1.93. The molecule has 0 saturated heterocycles. The number of benzene rings is 2. The fourth-order valence-corrected chi connectivity index (χ4v) is 3.22. The summed E-state index contributed by atoms with van der Waals surface area (Å²) in [6, 6.07) is 16.3. The van der Waals surface area contributed by atoms with Crippen molar-refractivity contribution in [1.82, 2.24) is 9.88 Å². The molecule has 0 aliphatic rings. The molecule has 0 saturated carbocycles. The monoisotopic (exact) mass is 348 g/mol. The number of nitrogens with zero attached hydrogens (tertiary/aromatic N) is 2. The van der Waals surface area contributed by atoms with E-state index in [2.05, 4.69) is 46.0 Å². The van der Waals surface area contributed by atoms with Gasteiger partial charge in [-0.3, -0.25) is 4.90 Å². The third-order valence-corrected chi connectivity index (χ3v) is 4.74. The van der Waals surface area contributed by atoms with Crippen molar-refractivity contribution in [2.24, 2.45) is 0 Å². The molecule has 0 spiro atoms. The van der Waals surface area contributed by atoms with Gasteiger partial charge in [0.1, 0.15) is 10.8 Å². The second-order valence-corrected chi connectivity index (χ2v) is 6.91. The average molecular weight is 348 g/mol. The molecule has 0 fully saturated rings. The predicted octanol–water partition coefficient (Wildman–Crippen LogP) is 4.40. The summed E-state index contributed by atoms with van der Waals surface area (Å²) in [6.45, 7) is 0.766. The van der Waals surface area contributed by atoms with Crippen LogP contribution in [0.1, 0.15) is 5.56 Å². The molecule has 3 rings (SSSR count). The number of rotatable bonds is 4. The van der Waals surface area contributed by atoms with E-state index < -0.39 is 0 Å². The van der Waals surface area contributed by atoms with Crippen molar-refractivity contribution in [3.8, 4) is 38.6 Å². The molecule has 0 atom stereocenters. The van der Waals surface area contributed by atoms with Gasteiger partial charge in [0.25, 0.3) is 0 Å². The molecule has 2 aromatic carbocycles. The van der Waals surface area contributed by atoms with Crippen LogP contribution in [0, 0.1) is 11.8 Å². The minimum Gasteiger partial charge on any atom is -0.497 e. The molecule has 126 valence electrons. The zero-order valence-corrected chi connectivity index (χ0v) is 15.4. The Bertz CT molecular complexity index is 884. The van der Waals surface area contributed by atoms with E-state index in [1.54, 1.807) is 18.4 Å². The van der Waals surface area contributed by atoms with Gasteiger partial charge in [-0.05, 0) is 56.1 Å². The van der Waals surface area contributed by atoms with Crippen LogP contribution in [0.25, 0.3) is 21.0 Å². The molecule has 1 aromatic heterocycles. The third kappa shape index (κ3) is 4.48. The maximum Gasteiger partial charge on any atom is 0.123 e. The van der Waals surface area contributed by atoms with Gasteiger partial charge in [0, 0.05) is 17.3 Å². The van der Waals surface area contributed by atoms with Gasteiger partial charge in [0.2, 0.25) is 0 Å². The molecule has 0 bridgehead atoms. The first-order valence-corrected chi connectivity index (χ1v) is 8.81. The van der Waals surface area contributed by atoms with Gasteiger partial charge in [0.15, 0.2) is 0 Å². The van der Waals surface area contributed by atoms with Crippen molar-refractivity contribution in [1.29, 1.82) is 0 Å². The zero-order chi connectivity index (χ0) is 17.6. The van der Waals surface area contributed by atoms with Crippen LogP contribution in [0.3, 0.4) is 0 Å². The van der Waals surface area contributed by atoms with E-state index >= 15 is 0 Å². The molecule has 0 amide bonds. The summed E-state index contributed by atoms with van der Waals surface area (Å²) in [5, 5.41) is 1.01. The van der Waals surface area contributed by atoms with Crippen LogP contribution >= 0.6 is 11.3 Å². The van der Waals surface area contributed by atoms with Gasteiger partial charge in [0.05, 0.1) is 18.5 Å². The zero-order valence-electron chi connectivity index (χ0n) is 14.6. The maximum atomic E-state index is 5.20. The van der Waals surface area contributed by atoms with Crippen molar-refractivity contribution in [3.05, 3.63) is 60.3 Å². The van der Waals surface area contributed by atoms with Crippen molar-refractivity contribution < 1.29 is 4.74 Å². The van der Waals surface area contributed by atoms with E-state index in [-0.39, 0.29) is 0 Å². The molecular weight excluding hydrogens is 328 g/mol. The van der Waals surface area contributed by atoms with Crippen LogP contribution in [0.15, 0.2) is 54.7 Å². The van der Waals surface area contributed by atoms with Crippen LogP contribution in [0.4, 0.5) is 0 Å². The average Bonchev–Trinajstić information content (AvgIpc) is 3.12. The minimum atomic E-state index is 0.766. The molecular formula is C21H20N2OS. The standard InChI is InChI=1S/C21H20N2OS/c1-23(2)14-4-5-16-6-8-17(9-7-16)20-15-22-21(25-20)18-10-12-19(24-3)13-11-18/h6-13,15H,14H2,1-3H3. The molecule has 3 aromatic rings. The molecule has 0 N–H and O–H groups in total. The number of hydrogen-bond donors (Lipinski definition) is 0. The van der Waals surface area contributed by atoms with Crippen molar-refractivity contribution >= 4 is 11.3 Å². The Morgan fingerprint density at radius 1 is 1.00 bits per heavy atom. The van der Waals surface area contributed by atoms with Gasteiger partial charge in [-0.25, -0.2) is 4.98 Å². The Labute approximate surface area is 152 Å². The first-order chi connectivity index (χ1) is 12.2. The highest BCUT2D eigenvalue weighted by atomic mass is 32.1. The number of thiazole rings is 1. The summed E-state index contributed by atoms with van der Waals surface area (Å²) in [5.41, 5.74) is 3.30. The van der Waals surface area contributed by atoms with E-state index in [1.165, 1.54) is 0 Å². The van der Waals surface area contributed by atoms with Gasteiger partial charge < -0.3 is 4.74 Å². The first kappa shape index (κ1) is 17.2. The van der Waals surface area contributed by atoms with E-state index in [1.807, 2.05) is 44.6 Å². The van der Waals surface area contributed by atoms with Crippen molar-refractivity contribution in [3.63, 3.8) is 0 Å². The van der Waals surface area contributed by atoms with E-state index in [0.29, 0.717) is 0 Å². The van der Waals surface area contributed by atoms with E-state index in [4.69, 9.17) is 4.74 Å². The van der Waals surface area contributed by atoms with Crippen LogP contribution in [0.2, 0.25) is 0 Å². The molecule has 3 nitrogen and oxygen atoms in total. The molecule has 4 heteroatoms. The van der Waals surface area contributed by atoms with Crippen LogP contribution in [-0.4, -0.2) is 37.6 Å². The number of ether oxygens (including phenoxy) is 1. The van der Waals surface area contributed by atoms with E-state index in [9.17, 15) is 0 Å². The lowest BCUT2D eigenvalue weighted by molar-refractivity contribution is 0.415. The Morgan fingerprint density at radius 3 is 2.32 bits per heavy atom. The largest absolute Gasteiger partial charge is 0.497 e. The third-order valence-electron chi connectivity index (χ3n) is 3.64. The molecule has 1 heterocycles. The Morgan fingerprint density at radius 2 is 1.68 bits per heavy atom. The molecule has 0 radical (unpaired) electrons. The van der Waals surface area contributed by atoms with Gasteiger partial charge >= 0.3 is 0 Å². The summed E-state index contributed by atoms with van der Waals surface area (Å²) < 4.78 is 5.20. The molecule has 0 aliphatic carbocycles. The topological polar surface area (TPSA) is 25.4 Å². The Kier molecular flexibility index (Phi) is 5.49. The predicted molar refractivity (Wildman–Crippen MR) is 105 cm³/mol. The molecule has 0 unspecified atom stereocenters. The highest BCUT2D eigenvalue weighted by molar-refractivity contribution is 7.18. The molecule has 25 heavy (non-hydrogen) atoms. The number of hydrogen-bond acceptors (Lipinski definition) is 4. The number of methoxy groups -OCH3 is 1. The van der Waals surface area contributed by atoms with Crippen LogP contribution in [0.5, 0.6) is 5.75 Å². The number of aromatic nitrogens is 1. The smallest absolute Gasteiger partial charge is 0.123 e. The van der Waals surface area contributed by atoms with E-state index in [0.717, 1.165) is 38.9 Å². The second kappa shape index (κ2) is 7.98. The molecule has 0 aliphatic heterocycles. The minimum absolute atomic E-state index is 0.766. The van der Waals surface area contributed by atoms with Crippen LogP contribution in [-0.2, 0) is 0 Å². The Hall–Kier alpha value is -2.61. The summed E-state index contributed by atoms with van der Waals surface area (Å²) in [7, 11) is 5.70. The quantitative estimate of drug-likeness (QED) is 0.654. The van der Waals surface area contributed by atoms with Gasteiger partial charge in [-0.2, -0.15) is 0 Å². The lowest BCUT2D eigenvalue weighted by Crippen LogP contribution is -2.10. The lowest BCUT2D eigenvalue weighted by atomic mass is 10.1. The van der Waals surface area contributed by atoms with Gasteiger partial charge in [-0.15, -0.1) is 11.3 Å². The van der Waals surface area contributed by atoms with Gasteiger partial charge in [-0.1, -0.05) is 24.0 Å². The summed E-state index contributed by atoms with van der Waals surface area (Å²) in [5.74, 6) is 7.19. The van der Waals surface area contributed by atoms with Crippen molar-refractivity contribution in [2.75, 3.05) is 27.7 Å². The highest BCUT2D eigenvalue weighted by Crippen LogP contribution is 2.32. The summed E-state index contributed by atoms with van der Waals surface area (Å²) in [4.78, 5) is 7.76. The highest BCUT2D eigenvalue weighted by Gasteiger charge is 2.07. The normalized spacial score (nSPS) is 10.4.